The molecule has 8 heteroatoms. The summed E-state index contributed by atoms with van der Waals surface area (Å²) in [5, 5.41) is 9.32. The molecule has 2 aromatic carbocycles. The van der Waals surface area contributed by atoms with Crippen molar-refractivity contribution in [2.24, 2.45) is 0 Å². The second-order valence-electron chi connectivity index (χ2n) is 6.40. The molecule has 0 aliphatic rings. The van der Waals surface area contributed by atoms with E-state index in [-0.39, 0.29) is 0 Å². The van der Waals surface area contributed by atoms with E-state index in [0.717, 1.165) is 28.4 Å². The van der Waals surface area contributed by atoms with Crippen LogP contribution in [0.25, 0.3) is 5.69 Å². The van der Waals surface area contributed by atoms with E-state index >= 15 is 0 Å². The van der Waals surface area contributed by atoms with Crippen molar-refractivity contribution in [1.29, 1.82) is 0 Å². The third-order valence-electron chi connectivity index (χ3n) is 3.94. The average molecular weight is 403 g/mol. The van der Waals surface area contributed by atoms with E-state index < -0.39 is 16.1 Å². The van der Waals surface area contributed by atoms with Crippen LogP contribution in [0.2, 0.25) is 0 Å². The Bertz CT molecular complexity index is 1000. The van der Waals surface area contributed by atoms with Gasteiger partial charge in [-0.25, -0.2) is 13.1 Å². The molecule has 1 unspecified atom stereocenters. The molecule has 0 radical (unpaired) electrons. The van der Waals surface area contributed by atoms with Crippen molar-refractivity contribution in [1.82, 2.24) is 19.5 Å². The lowest BCUT2D eigenvalue weighted by Gasteiger charge is -2.15. The molecular weight excluding hydrogens is 380 g/mol. The second-order valence-corrected chi connectivity index (χ2v) is 9.12. The topological polar surface area (TPSA) is 76.9 Å². The molecule has 0 amide bonds. The van der Waals surface area contributed by atoms with Crippen LogP contribution in [0, 0.1) is 6.92 Å². The van der Waals surface area contributed by atoms with Gasteiger partial charge in [0.25, 0.3) is 0 Å². The van der Waals surface area contributed by atoms with E-state index in [4.69, 9.17) is 0 Å². The summed E-state index contributed by atoms with van der Waals surface area (Å²) in [7, 11) is -3.36. The van der Waals surface area contributed by atoms with Crippen molar-refractivity contribution >= 4 is 21.8 Å². The molecule has 0 aliphatic heterocycles. The SMILES string of the molecule is Cc1ccc(-n2c(SCc3ccccc3)nnc2C(C)NS(C)(=O)=O)cc1. The Hall–Kier alpha value is -2.16. The number of nitrogens with one attached hydrogen (secondary N) is 1. The highest BCUT2D eigenvalue weighted by Gasteiger charge is 2.21. The van der Waals surface area contributed by atoms with Gasteiger partial charge in [-0.2, -0.15) is 0 Å². The molecule has 1 heterocycles. The minimum absolute atomic E-state index is 0.500. The average Bonchev–Trinajstić information content (AvgIpc) is 3.04. The maximum atomic E-state index is 11.7. The van der Waals surface area contributed by atoms with Crippen molar-refractivity contribution < 1.29 is 8.42 Å². The Labute approximate surface area is 164 Å². The van der Waals surface area contributed by atoms with Gasteiger partial charge in [-0.3, -0.25) is 4.57 Å². The minimum Gasteiger partial charge on any atom is -0.273 e. The number of sulfonamides is 1. The molecule has 6 nitrogen and oxygen atoms in total. The Kier molecular flexibility index (Phi) is 5.98. The monoisotopic (exact) mass is 402 g/mol. The van der Waals surface area contributed by atoms with E-state index in [9.17, 15) is 8.42 Å². The first-order valence-electron chi connectivity index (χ1n) is 8.50. The van der Waals surface area contributed by atoms with Crippen LogP contribution in [0.4, 0.5) is 0 Å². The lowest BCUT2D eigenvalue weighted by molar-refractivity contribution is 0.561. The summed E-state index contributed by atoms with van der Waals surface area (Å²) in [4.78, 5) is 0. The van der Waals surface area contributed by atoms with Crippen molar-refractivity contribution in [2.75, 3.05) is 6.26 Å². The molecule has 1 aromatic heterocycles. The highest BCUT2D eigenvalue weighted by Crippen LogP contribution is 2.27. The molecular formula is C19H22N4O2S2. The molecule has 3 rings (SSSR count). The Morgan fingerprint density at radius 1 is 1.07 bits per heavy atom. The third-order valence-corrected chi connectivity index (χ3v) is 5.72. The maximum Gasteiger partial charge on any atom is 0.209 e. The molecule has 142 valence electrons. The normalized spacial score (nSPS) is 12.9. The fourth-order valence-corrected chi connectivity index (χ4v) is 4.35. The van der Waals surface area contributed by atoms with Crippen LogP contribution in [-0.4, -0.2) is 29.4 Å². The zero-order valence-electron chi connectivity index (χ0n) is 15.5. The Morgan fingerprint density at radius 3 is 2.37 bits per heavy atom. The number of thioether (sulfide) groups is 1. The van der Waals surface area contributed by atoms with Crippen molar-refractivity contribution in [3.8, 4) is 5.69 Å². The zero-order chi connectivity index (χ0) is 19.4. The summed E-state index contributed by atoms with van der Waals surface area (Å²) in [6.07, 6.45) is 1.14. The van der Waals surface area contributed by atoms with Gasteiger partial charge in [-0.15, -0.1) is 10.2 Å². The van der Waals surface area contributed by atoms with Crippen LogP contribution in [-0.2, 0) is 15.8 Å². The van der Waals surface area contributed by atoms with Crippen molar-refractivity contribution in [2.45, 2.75) is 30.8 Å². The maximum absolute atomic E-state index is 11.7. The summed E-state index contributed by atoms with van der Waals surface area (Å²) in [6, 6.07) is 17.6. The van der Waals surface area contributed by atoms with Gasteiger partial charge in [0, 0.05) is 11.4 Å². The number of rotatable bonds is 7. The Balaban J connectivity index is 1.96. The number of hydrogen-bond donors (Lipinski definition) is 1. The predicted octanol–water partition coefficient (Wildman–Crippen LogP) is 3.48. The number of aryl methyl sites for hydroxylation is 1. The molecule has 27 heavy (non-hydrogen) atoms. The van der Waals surface area contributed by atoms with Crippen LogP contribution in [0.1, 0.15) is 29.9 Å². The van der Waals surface area contributed by atoms with Gasteiger partial charge in [0.05, 0.1) is 12.3 Å². The zero-order valence-corrected chi connectivity index (χ0v) is 17.1. The van der Waals surface area contributed by atoms with Gasteiger partial charge in [0.15, 0.2) is 11.0 Å². The van der Waals surface area contributed by atoms with Crippen LogP contribution >= 0.6 is 11.8 Å². The van der Waals surface area contributed by atoms with Crippen LogP contribution in [0.5, 0.6) is 0 Å². The van der Waals surface area contributed by atoms with E-state index in [1.807, 2.05) is 54.0 Å². The largest absolute Gasteiger partial charge is 0.273 e. The molecule has 1 atom stereocenters. The second kappa shape index (κ2) is 8.24. The number of benzene rings is 2. The fourth-order valence-electron chi connectivity index (χ4n) is 2.69. The standard InChI is InChI=1S/C19H22N4O2S2/c1-14-9-11-17(12-10-14)23-18(15(2)22-27(3,24)25)20-21-19(23)26-13-16-7-5-4-6-8-16/h4-12,15,22H,13H2,1-3H3. The van der Waals surface area contributed by atoms with Crippen LogP contribution in [0.3, 0.4) is 0 Å². The van der Waals surface area contributed by atoms with E-state index in [1.165, 1.54) is 5.56 Å². The minimum atomic E-state index is -3.36. The first-order valence-corrected chi connectivity index (χ1v) is 11.4. The first-order chi connectivity index (χ1) is 12.8. The molecule has 3 aromatic rings. The van der Waals surface area contributed by atoms with Gasteiger partial charge >= 0.3 is 0 Å². The number of aromatic nitrogens is 3. The molecule has 0 bridgehead atoms. The molecule has 0 spiro atoms. The summed E-state index contributed by atoms with van der Waals surface area (Å²) in [5.41, 5.74) is 3.23. The smallest absolute Gasteiger partial charge is 0.209 e. The van der Waals surface area contributed by atoms with Crippen LogP contribution < -0.4 is 4.72 Å². The summed E-state index contributed by atoms with van der Waals surface area (Å²) in [5.74, 6) is 1.30. The van der Waals surface area contributed by atoms with Gasteiger partial charge in [0.1, 0.15) is 0 Å². The summed E-state index contributed by atoms with van der Waals surface area (Å²) in [6.45, 7) is 3.79. The number of nitrogens with zero attached hydrogens (tertiary/aromatic N) is 3. The quantitative estimate of drug-likeness (QED) is 0.612. The summed E-state index contributed by atoms with van der Waals surface area (Å²) >= 11 is 1.57. The lowest BCUT2D eigenvalue weighted by atomic mass is 10.2. The third kappa shape index (κ3) is 5.18. The van der Waals surface area contributed by atoms with Gasteiger partial charge in [-0.05, 0) is 31.5 Å². The summed E-state index contributed by atoms with van der Waals surface area (Å²) < 4.78 is 27.8. The highest BCUT2D eigenvalue weighted by molar-refractivity contribution is 7.98. The van der Waals surface area contributed by atoms with Crippen molar-refractivity contribution in [3.63, 3.8) is 0 Å². The molecule has 0 saturated carbocycles. The van der Waals surface area contributed by atoms with Crippen LogP contribution in [0.15, 0.2) is 59.8 Å². The predicted molar refractivity (Wildman–Crippen MR) is 108 cm³/mol. The highest BCUT2D eigenvalue weighted by atomic mass is 32.2. The first kappa shape index (κ1) is 19.6. The van der Waals surface area contributed by atoms with Crippen molar-refractivity contribution in [3.05, 3.63) is 71.5 Å². The Morgan fingerprint density at radius 2 is 1.74 bits per heavy atom. The molecule has 0 fully saturated rings. The van der Waals surface area contributed by atoms with Gasteiger partial charge < -0.3 is 0 Å². The van der Waals surface area contributed by atoms with Gasteiger partial charge in [-0.1, -0.05) is 59.8 Å². The molecule has 0 saturated heterocycles. The van der Waals surface area contributed by atoms with Gasteiger partial charge in [0.2, 0.25) is 10.0 Å². The molecule has 0 aliphatic carbocycles. The molecule has 1 N–H and O–H groups in total. The lowest BCUT2D eigenvalue weighted by Crippen LogP contribution is -2.27. The number of hydrogen-bond acceptors (Lipinski definition) is 5. The van der Waals surface area contributed by atoms with E-state index in [2.05, 4.69) is 27.1 Å². The fraction of sp³-hybridized carbons (Fsp3) is 0.263. The van der Waals surface area contributed by atoms with E-state index in [0.29, 0.717) is 5.82 Å². The van der Waals surface area contributed by atoms with E-state index in [1.54, 1.807) is 18.7 Å².